The highest BCUT2D eigenvalue weighted by Crippen LogP contribution is 2.35. The summed E-state index contributed by atoms with van der Waals surface area (Å²) in [4.78, 5) is 12.5. The van der Waals surface area contributed by atoms with Crippen molar-refractivity contribution in [3.8, 4) is 11.5 Å². The number of hydrogen-bond acceptors (Lipinski definition) is 4. The number of phenolic OH excluding ortho intramolecular Hbond substituents is 2. The van der Waals surface area contributed by atoms with Crippen LogP contribution in [0.4, 0.5) is 0 Å². The summed E-state index contributed by atoms with van der Waals surface area (Å²) in [5, 5.41) is 28.4. The molecule has 0 spiro atoms. The van der Waals surface area contributed by atoms with Gasteiger partial charge < -0.3 is 15.3 Å². The lowest BCUT2D eigenvalue weighted by molar-refractivity contribution is -0.138. The Hall–Kier alpha value is -1.75. The maximum atomic E-state index is 10.8. The Morgan fingerprint density at radius 3 is 2.33 bits per heavy atom. The Morgan fingerprint density at radius 1 is 1.33 bits per heavy atom. The molecule has 1 atom stereocenters. The fourth-order valence-electron chi connectivity index (χ4n) is 2.02. The third-order valence-electron chi connectivity index (χ3n) is 2.87. The Balaban J connectivity index is 3.01. The molecule has 0 aliphatic heterocycles. The van der Waals surface area contributed by atoms with Crippen LogP contribution in [0.25, 0.3) is 0 Å². The molecule has 1 unspecified atom stereocenters. The highest BCUT2D eigenvalue weighted by molar-refractivity contribution is 5.69. The number of aliphatic carboxylic acids is 1. The van der Waals surface area contributed by atoms with E-state index in [0.717, 1.165) is 6.42 Å². The smallest absolute Gasteiger partial charge is 0.317 e. The molecule has 1 rings (SSSR count). The molecule has 0 fully saturated rings. The first-order valence-electron chi connectivity index (χ1n) is 5.94. The summed E-state index contributed by atoms with van der Waals surface area (Å²) in [5.74, 6) is -0.965. The molecule has 0 aromatic heterocycles. The van der Waals surface area contributed by atoms with Gasteiger partial charge in [0.15, 0.2) is 0 Å². The quantitative estimate of drug-likeness (QED) is 0.722. The van der Waals surface area contributed by atoms with Crippen LogP contribution in [0.15, 0.2) is 18.2 Å². The van der Waals surface area contributed by atoms with Crippen LogP contribution in [-0.4, -0.2) is 39.3 Å². The summed E-state index contributed by atoms with van der Waals surface area (Å²) in [6.07, 6.45) is 0.798. The lowest BCUT2D eigenvalue weighted by Gasteiger charge is -2.28. The van der Waals surface area contributed by atoms with E-state index in [-0.39, 0.29) is 24.1 Å². The molecule has 100 valence electrons. The van der Waals surface area contributed by atoms with Gasteiger partial charge in [0.25, 0.3) is 0 Å². The lowest BCUT2D eigenvalue weighted by Crippen LogP contribution is -2.33. The largest absolute Gasteiger partial charge is 0.507 e. The van der Waals surface area contributed by atoms with E-state index >= 15 is 0 Å². The van der Waals surface area contributed by atoms with Crippen molar-refractivity contribution < 1.29 is 20.1 Å². The van der Waals surface area contributed by atoms with Gasteiger partial charge in [-0.2, -0.15) is 0 Å². The molecule has 0 heterocycles. The monoisotopic (exact) mass is 253 g/mol. The van der Waals surface area contributed by atoms with Crippen LogP contribution in [0.3, 0.4) is 0 Å². The van der Waals surface area contributed by atoms with Gasteiger partial charge in [-0.05, 0) is 32.0 Å². The molecule has 0 saturated carbocycles. The number of hydrogen-bond donors (Lipinski definition) is 3. The highest BCUT2D eigenvalue weighted by Gasteiger charge is 2.22. The van der Waals surface area contributed by atoms with Gasteiger partial charge in [-0.1, -0.05) is 13.0 Å². The summed E-state index contributed by atoms with van der Waals surface area (Å²) in [6.45, 7) is 4.18. The number of nitrogens with zero attached hydrogens (tertiary/aromatic N) is 1. The van der Waals surface area contributed by atoms with E-state index in [0.29, 0.717) is 12.1 Å². The van der Waals surface area contributed by atoms with E-state index in [1.165, 1.54) is 12.1 Å². The number of benzene rings is 1. The Kier molecular flexibility index (Phi) is 4.97. The van der Waals surface area contributed by atoms with Crippen molar-refractivity contribution in [2.45, 2.75) is 26.3 Å². The number of carboxylic acids is 1. The minimum absolute atomic E-state index is 0.0195. The summed E-state index contributed by atoms with van der Waals surface area (Å²) < 4.78 is 0. The molecule has 0 bridgehead atoms. The summed E-state index contributed by atoms with van der Waals surface area (Å²) in [5.41, 5.74) is 0.368. The number of rotatable bonds is 6. The zero-order chi connectivity index (χ0) is 13.7. The number of carbonyl (C=O) groups is 1. The van der Waals surface area contributed by atoms with Crippen LogP contribution in [-0.2, 0) is 4.79 Å². The third-order valence-corrected chi connectivity index (χ3v) is 2.87. The summed E-state index contributed by atoms with van der Waals surface area (Å²) in [7, 11) is 0. The van der Waals surface area contributed by atoms with Gasteiger partial charge in [-0.15, -0.1) is 0 Å². The second-order valence-electron chi connectivity index (χ2n) is 4.25. The molecule has 5 nitrogen and oxygen atoms in total. The topological polar surface area (TPSA) is 81.0 Å². The van der Waals surface area contributed by atoms with Gasteiger partial charge in [0.1, 0.15) is 11.5 Å². The molecular formula is C13H19NO4. The van der Waals surface area contributed by atoms with E-state index in [1.54, 1.807) is 17.9 Å². The fraction of sp³-hybridized carbons (Fsp3) is 0.462. The van der Waals surface area contributed by atoms with Crippen molar-refractivity contribution in [1.82, 2.24) is 4.90 Å². The van der Waals surface area contributed by atoms with Gasteiger partial charge in [0, 0.05) is 6.04 Å². The zero-order valence-electron chi connectivity index (χ0n) is 10.6. The van der Waals surface area contributed by atoms with Crippen LogP contribution in [0.2, 0.25) is 0 Å². The molecule has 1 aromatic rings. The van der Waals surface area contributed by atoms with Gasteiger partial charge in [-0.25, -0.2) is 0 Å². The molecule has 0 aliphatic rings. The molecule has 0 radical (unpaired) electrons. The van der Waals surface area contributed by atoms with Crippen LogP contribution < -0.4 is 0 Å². The highest BCUT2D eigenvalue weighted by atomic mass is 16.4. The van der Waals surface area contributed by atoms with Crippen molar-refractivity contribution in [2.75, 3.05) is 13.1 Å². The van der Waals surface area contributed by atoms with E-state index in [1.807, 2.05) is 6.92 Å². The molecule has 1 aromatic carbocycles. The minimum Gasteiger partial charge on any atom is -0.507 e. The first kappa shape index (κ1) is 14.3. The molecule has 0 amide bonds. The van der Waals surface area contributed by atoms with E-state index < -0.39 is 5.97 Å². The lowest BCUT2D eigenvalue weighted by atomic mass is 10.0. The van der Waals surface area contributed by atoms with Crippen LogP contribution in [0.1, 0.15) is 31.9 Å². The molecule has 18 heavy (non-hydrogen) atoms. The number of aromatic hydroxyl groups is 2. The second kappa shape index (κ2) is 6.26. The Morgan fingerprint density at radius 2 is 1.89 bits per heavy atom. The van der Waals surface area contributed by atoms with Crippen molar-refractivity contribution in [3.63, 3.8) is 0 Å². The maximum Gasteiger partial charge on any atom is 0.317 e. The maximum absolute atomic E-state index is 10.8. The molecule has 0 saturated heterocycles. The van der Waals surface area contributed by atoms with E-state index in [4.69, 9.17) is 5.11 Å². The van der Waals surface area contributed by atoms with E-state index in [9.17, 15) is 15.0 Å². The van der Waals surface area contributed by atoms with Crippen molar-refractivity contribution in [3.05, 3.63) is 23.8 Å². The van der Waals surface area contributed by atoms with Crippen LogP contribution in [0, 0.1) is 0 Å². The SMILES string of the molecule is CCCN(CC(=O)O)C(C)c1c(O)cccc1O. The summed E-state index contributed by atoms with van der Waals surface area (Å²) >= 11 is 0. The van der Waals surface area contributed by atoms with Crippen molar-refractivity contribution >= 4 is 5.97 Å². The molecule has 0 aliphatic carbocycles. The Labute approximate surface area is 106 Å². The Bertz CT molecular complexity index is 399. The van der Waals surface area contributed by atoms with Gasteiger partial charge in [-0.3, -0.25) is 9.69 Å². The zero-order valence-corrected chi connectivity index (χ0v) is 10.6. The van der Waals surface area contributed by atoms with Gasteiger partial charge in [0.05, 0.1) is 12.1 Å². The second-order valence-corrected chi connectivity index (χ2v) is 4.25. The average molecular weight is 253 g/mol. The predicted molar refractivity (Wildman–Crippen MR) is 67.7 cm³/mol. The normalized spacial score (nSPS) is 12.6. The minimum atomic E-state index is -0.926. The number of carboxylic acid groups (broad SMARTS) is 1. The molecule has 3 N–H and O–H groups in total. The first-order chi connectivity index (χ1) is 8.47. The molecular weight excluding hydrogens is 234 g/mol. The number of phenols is 2. The van der Waals surface area contributed by atoms with Crippen LogP contribution >= 0.6 is 0 Å². The standard InChI is InChI=1S/C13H19NO4/c1-3-7-14(8-12(17)18)9(2)13-10(15)5-4-6-11(13)16/h4-6,9,15-16H,3,7-8H2,1-2H3,(H,17,18). The third kappa shape index (κ3) is 3.37. The molecule has 5 heteroatoms. The first-order valence-corrected chi connectivity index (χ1v) is 5.94. The van der Waals surface area contributed by atoms with Crippen molar-refractivity contribution in [1.29, 1.82) is 0 Å². The van der Waals surface area contributed by atoms with Gasteiger partial charge >= 0.3 is 5.97 Å². The van der Waals surface area contributed by atoms with Crippen LogP contribution in [0.5, 0.6) is 11.5 Å². The average Bonchev–Trinajstić information content (AvgIpc) is 2.27. The fourth-order valence-corrected chi connectivity index (χ4v) is 2.02. The summed E-state index contributed by atoms with van der Waals surface area (Å²) in [6, 6.07) is 4.15. The predicted octanol–water partition coefficient (Wildman–Crippen LogP) is 1.96. The van der Waals surface area contributed by atoms with E-state index in [2.05, 4.69) is 0 Å². The van der Waals surface area contributed by atoms with Gasteiger partial charge in [0.2, 0.25) is 0 Å². The van der Waals surface area contributed by atoms with Crippen molar-refractivity contribution in [2.24, 2.45) is 0 Å².